The molecule has 354 valence electrons. The van der Waals surface area contributed by atoms with E-state index in [-0.39, 0.29) is 0 Å². The van der Waals surface area contributed by atoms with Crippen molar-refractivity contribution in [2.45, 2.75) is 13.8 Å². The van der Waals surface area contributed by atoms with Crippen LogP contribution in [-0.4, -0.2) is 8.29 Å². The molecular weight excluding hydrogens is 1080 g/mol. The van der Waals surface area contributed by atoms with Gasteiger partial charge in [0.25, 0.3) is 0 Å². The summed E-state index contributed by atoms with van der Waals surface area (Å²) in [5.41, 5.74) is 25.1. The molecule has 9 aliphatic heterocycles. The molecule has 10 aromatic carbocycles. The summed E-state index contributed by atoms with van der Waals surface area (Å²) >= 11 is -1.22. The Morgan fingerprint density at radius 1 is 0.311 bits per heavy atom. The molecule has 19 rings (SSSR count). The van der Waals surface area contributed by atoms with E-state index in [1.807, 2.05) is 0 Å². The molecule has 0 aliphatic carbocycles. The molecule has 0 saturated carbocycles. The van der Waals surface area contributed by atoms with Crippen molar-refractivity contribution < 1.29 is 22.4 Å². The van der Waals surface area contributed by atoms with Gasteiger partial charge in [0.15, 0.2) is 0 Å². The Morgan fingerprint density at radius 2 is 0.622 bits per heavy atom. The first-order chi connectivity index (χ1) is 36.5. The number of benzene rings is 10. The van der Waals surface area contributed by atoms with Gasteiger partial charge < -0.3 is 0 Å². The monoisotopic (exact) mass is 1130 g/mol. The molecule has 9 aliphatic rings. The number of aryl methyl sites for hydroxylation is 2. The summed E-state index contributed by atoms with van der Waals surface area (Å²) in [6.45, 7) is 4.48. The fourth-order valence-electron chi connectivity index (χ4n) is 11.3. The van der Waals surface area contributed by atoms with Gasteiger partial charge in [0.2, 0.25) is 0 Å². The Labute approximate surface area is 439 Å². The van der Waals surface area contributed by atoms with Crippen LogP contribution in [0.1, 0.15) is 33.4 Å². The van der Waals surface area contributed by atoms with Crippen molar-refractivity contribution in [1.82, 2.24) is 0 Å². The molecular formula is C68H46N4OPt. The fraction of sp³-hybridized carbons (Fsp3) is 0.0294. The zero-order valence-electron chi connectivity index (χ0n) is 40.6. The first kappa shape index (κ1) is 42.8. The quantitative estimate of drug-likeness (QED) is 0.150. The van der Waals surface area contributed by atoms with Gasteiger partial charge in [-0.25, -0.2) is 0 Å². The average Bonchev–Trinajstić information content (AvgIpc) is 3.95. The second kappa shape index (κ2) is 16.8. The second-order valence-electron chi connectivity index (χ2n) is 19.5. The topological polar surface area (TPSA) is 22.2 Å². The van der Waals surface area contributed by atoms with Crippen molar-refractivity contribution in [3.63, 3.8) is 0 Å². The van der Waals surface area contributed by atoms with Crippen LogP contribution < -0.4 is 24.3 Å². The maximum atomic E-state index is 6.91. The Kier molecular flexibility index (Phi) is 9.73. The number of hydrogen-bond donors (Lipinski definition) is 0. The summed E-state index contributed by atoms with van der Waals surface area (Å²) in [5, 5.41) is 0. The van der Waals surface area contributed by atoms with E-state index < -0.39 is 17.6 Å². The van der Waals surface area contributed by atoms with Gasteiger partial charge in [0, 0.05) is 0 Å². The van der Waals surface area contributed by atoms with Gasteiger partial charge in [0.1, 0.15) is 0 Å². The molecule has 0 atom stereocenters. The molecule has 16 bridgehead atoms. The van der Waals surface area contributed by atoms with Crippen molar-refractivity contribution in [3.8, 4) is 56.0 Å². The van der Waals surface area contributed by atoms with E-state index in [0.29, 0.717) is 0 Å². The molecule has 0 N–H and O–H groups in total. The SMILES string of the molecule is Cc1cc2c3c(c1)-c1ccc(cc1)C=Cc1ccc(cc1)-c1cc(C)cc(c1N1[C]4=[Pt]=[C]5N(c6cccc(c6)Oc6cccc(c6)N4c4ccccc41)c1ccccc1N53)-c1ccc(cc1)C=Cc1ccc-2cc1. The van der Waals surface area contributed by atoms with Crippen molar-refractivity contribution in [2.24, 2.45) is 0 Å². The molecule has 0 spiro atoms. The van der Waals surface area contributed by atoms with Gasteiger partial charge in [-0.1, -0.05) is 0 Å². The van der Waals surface area contributed by atoms with Crippen LogP contribution in [0.4, 0.5) is 45.5 Å². The van der Waals surface area contributed by atoms with Crippen LogP contribution in [-0.2, 0) is 17.6 Å². The van der Waals surface area contributed by atoms with Gasteiger partial charge in [0.05, 0.1) is 0 Å². The molecule has 5 nitrogen and oxygen atoms in total. The number of hydrogen-bond acceptors (Lipinski definition) is 5. The molecule has 0 amide bonds. The minimum absolute atomic E-state index is 0.780. The molecule has 0 aromatic heterocycles. The summed E-state index contributed by atoms with van der Waals surface area (Å²) in [5.74, 6) is 1.56. The fourth-order valence-corrected chi connectivity index (χ4v) is 14.9. The van der Waals surface area contributed by atoms with Gasteiger partial charge in [-0.15, -0.1) is 0 Å². The summed E-state index contributed by atoms with van der Waals surface area (Å²) < 4.78 is 9.31. The van der Waals surface area contributed by atoms with Gasteiger partial charge in [-0.3, -0.25) is 0 Å². The van der Waals surface area contributed by atoms with E-state index in [0.717, 1.165) is 102 Å². The number of nitrogens with zero attached hydrogens (tertiary/aromatic N) is 4. The minimum atomic E-state index is -1.22. The number of rotatable bonds is 0. The number of ether oxygens (including phenoxy) is 1. The van der Waals surface area contributed by atoms with Crippen molar-refractivity contribution >= 4 is 78.1 Å². The molecule has 0 radical (unpaired) electrons. The molecule has 6 heteroatoms. The molecule has 0 unspecified atom stereocenters. The zero-order chi connectivity index (χ0) is 49.0. The zero-order valence-corrected chi connectivity index (χ0v) is 42.9. The standard InChI is InChI=1S/C68H46N4O.Pt/c1-45-37-59-51-29-21-47(22-30-51)17-19-49-25-33-53(34-26-49)61-39-46(2)40-62-54-35-27-50(28-36-54)20-18-48-23-31-52(32-24-48)60(38-45)67(59)71-43-69(63-13-3-5-15-65(63)71)55-9-7-11-57(41-55)73-58-12-8-10-56(42-58)70-44-72(68(61)62)66-16-6-4-14-64(66)70;/h3-42H,1-2H3;. The van der Waals surface area contributed by atoms with Crippen molar-refractivity contribution in [1.29, 1.82) is 0 Å². The van der Waals surface area contributed by atoms with Crippen LogP contribution in [0.3, 0.4) is 0 Å². The summed E-state index contributed by atoms with van der Waals surface area (Å²) in [6.07, 6.45) is 8.93. The average molecular weight is 1130 g/mol. The number of anilines is 8. The van der Waals surface area contributed by atoms with Crippen LogP contribution in [0, 0.1) is 13.8 Å². The Bertz CT molecular complexity index is 3700. The summed E-state index contributed by atoms with van der Waals surface area (Å²) in [7, 11) is 0. The Hall–Kier alpha value is -8.89. The van der Waals surface area contributed by atoms with Crippen molar-refractivity contribution in [3.05, 3.63) is 252 Å². The maximum absolute atomic E-state index is 6.91. The molecule has 0 saturated heterocycles. The van der Waals surface area contributed by atoms with Gasteiger partial charge >= 0.3 is 442 Å². The van der Waals surface area contributed by atoms with Crippen LogP contribution in [0.25, 0.3) is 68.8 Å². The molecule has 9 heterocycles. The van der Waals surface area contributed by atoms with Gasteiger partial charge in [-0.2, -0.15) is 0 Å². The normalized spacial score (nSPS) is 14.2. The van der Waals surface area contributed by atoms with Gasteiger partial charge in [-0.05, 0) is 0 Å². The summed E-state index contributed by atoms with van der Waals surface area (Å²) in [4.78, 5) is 10.3. The molecule has 0 fully saturated rings. The first-order valence-electron chi connectivity index (χ1n) is 25.1. The van der Waals surface area contributed by atoms with Crippen LogP contribution in [0.5, 0.6) is 11.5 Å². The molecule has 74 heavy (non-hydrogen) atoms. The Balaban J connectivity index is 1.19. The van der Waals surface area contributed by atoms with Crippen LogP contribution in [0.15, 0.2) is 218 Å². The van der Waals surface area contributed by atoms with E-state index in [1.165, 1.54) is 41.7 Å². The Morgan fingerprint density at radius 3 is 0.946 bits per heavy atom. The first-order valence-corrected chi connectivity index (χ1v) is 27.4. The second-order valence-corrected chi connectivity index (χ2v) is 22.2. The van der Waals surface area contributed by atoms with E-state index in [4.69, 9.17) is 4.74 Å². The third kappa shape index (κ3) is 6.95. The van der Waals surface area contributed by atoms with E-state index in [9.17, 15) is 0 Å². The number of para-hydroxylation sites is 4. The molecule has 10 aromatic rings. The van der Waals surface area contributed by atoms with Crippen LogP contribution >= 0.6 is 0 Å². The van der Waals surface area contributed by atoms with Crippen LogP contribution in [0.2, 0.25) is 0 Å². The number of fused-ring (bicyclic) bond motifs is 14. The van der Waals surface area contributed by atoms with E-state index >= 15 is 0 Å². The van der Waals surface area contributed by atoms with Crippen molar-refractivity contribution in [2.75, 3.05) is 19.6 Å². The third-order valence-electron chi connectivity index (χ3n) is 14.7. The summed E-state index contributed by atoms with van der Waals surface area (Å²) in [6, 6.07) is 81.4. The van der Waals surface area contributed by atoms with E-state index in [1.54, 1.807) is 0 Å². The predicted octanol–water partition coefficient (Wildman–Crippen LogP) is 17.6. The predicted molar refractivity (Wildman–Crippen MR) is 306 cm³/mol. The third-order valence-corrected chi connectivity index (χ3v) is 17.8. The van der Waals surface area contributed by atoms with E-state index in [2.05, 4.69) is 276 Å².